The zero-order valence-corrected chi connectivity index (χ0v) is 16.5. The van der Waals surface area contributed by atoms with Gasteiger partial charge in [0.2, 0.25) is 0 Å². The molecule has 0 bridgehead atoms. The summed E-state index contributed by atoms with van der Waals surface area (Å²) in [6.07, 6.45) is -5.28. The van der Waals surface area contributed by atoms with Crippen molar-refractivity contribution in [1.82, 2.24) is 10.3 Å². The zero-order valence-electron chi connectivity index (χ0n) is 16.5. The minimum Gasteiger partial charge on any atom is -0.506 e. The SMILES string of the molecule is CCc1c(-c2ccc(N3CCNCC3)cc2)[nH]c(=O)c(C(=O)OC(=O)C(F)(F)F)c1O. The number of hydrogen-bond acceptors (Lipinski definition) is 7. The van der Waals surface area contributed by atoms with Crippen molar-refractivity contribution >= 4 is 17.6 Å². The van der Waals surface area contributed by atoms with E-state index in [1.54, 1.807) is 19.1 Å². The Hall–Kier alpha value is -3.34. The number of nitrogens with zero attached hydrogens (tertiary/aromatic N) is 1. The normalized spacial score (nSPS) is 14.4. The minimum absolute atomic E-state index is 0.126. The summed E-state index contributed by atoms with van der Waals surface area (Å²) in [7, 11) is 0. The summed E-state index contributed by atoms with van der Waals surface area (Å²) in [6, 6.07) is 7.15. The Morgan fingerprint density at radius 3 is 2.32 bits per heavy atom. The van der Waals surface area contributed by atoms with Crippen LogP contribution in [0.2, 0.25) is 0 Å². The molecule has 3 N–H and O–H groups in total. The highest BCUT2D eigenvalue weighted by Crippen LogP contribution is 2.31. The average molecular weight is 439 g/mol. The summed E-state index contributed by atoms with van der Waals surface area (Å²) in [5.74, 6) is -5.48. The lowest BCUT2D eigenvalue weighted by Gasteiger charge is -2.29. The molecule has 1 saturated heterocycles. The number of alkyl halides is 3. The van der Waals surface area contributed by atoms with E-state index in [9.17, 15) is 32.7 Å². The Morgan fingerprint density at radius 1 is 1.16 bits per heavy atom. The van der Waals surface area contributed by atoms with Gasteiger partial charge in [0.1, 0.15) is 5.75 Å². The van der Waals surface area contributed by atoms with Crippen LogP contribution in [0.15, 0.2) is 29.1 Å². The Labute approximate surface area is 174 Å². The summed E-state index contributed by atoms with van der Waals surface area (Å²) in [4.78, 5) is 39.8. The number of nitrogens with one attached hydrogen (secondary N) is 2. The van der Waals surface area contributed by atoms with Crippen LogP contribution in [0, 0.1) is 0 Å². The van der Waals surface area contributed by atoms with Crippen LogP contribution in [0.4, 0.5) is 18.9 Å². The molecule has 0 amide bonds. The van der Waals surface area contributed by atoms with Crippen molar-refractivity contribution in [3.63, 3.8) is 0 Å². The molecule has 1 fully saturated rings. The third-order valence-electron chi connectivity index (χ3n) is 4.90. The molecular formula is C20H20F3N3O5. The molecule has 3 rings (SSSR count). The molecule has 0 atom stereocenters. The van der Waals surface area contributed by atoms with E-state index < -0.39 is 35.0 Å². The van der Waals surface area contributed by atoms with Crippen LogP contribution in [-0.4, -0.2) is 54.4 Å². The fourth-order valence-electron chi connectivity index (χ4n) is 3.36. The van der Waals surface area contributed by atoms with Gasteiger partial charge >= 0.3 is 18.1 Å². The minimum atomic E-state index is -5.42. The molecule has 0 saturated carbocycles. The molecular weight excluding hydrogens is 419 g/mol. The summed E-state index contributed by atoms with van der Waals surface area (Å²) in [5.41, 5.74) is -0.377. The van der Waals surface area contributed by atoms with Crippen LogP contribution in [0.25, 0.3) is 11.3 Å². The maximum Gasteiger partial charge on any atom is 0.491 e. The monoisotopic (exact) mass is 439 g/mol. The van der Waals surface area contributed by atoms with Crippen molar-refractivity contribution in [2.75, 3.05) is 31.1 Å². The molecule has 0 unspecified atom stereocenters. The van der Waals surface area contributed by atoms with Gasteiger partial charge in [0.05, 0.1) is 5.69 Å². The maximum absolute atomic E-state index is 12.4. The smallest absolute Gasteiger partial charge is 0.491 e. The lowest BCUT2D eigenvalue weighted by molar-refractivity contribution is -0.193. The maximum atomic E-state index is 12.4. The third-order valence-corrected chi connectivity index (χ3v) is 4.90. The molecule has 0 aliphatic carbocycles. The van der Waals surface area contributed by atoms with E-state index in [0.29, 0.717) is 5.56 Å². The number of pyridine rings is 1. The van der Waals surface area contributed by atoms with Gasteiger partial charge in [-0.05, 0) is 24.1 Å². The average Bonchev–Trinajstić information content (AvgIpc) is 2.73. The summed E-state index contributed by atoms with van der Waals surface area (Å²) < 4.78 is 40.7. The number of esters is 2. The first-order valence-corrected chi connectivity index (χ1v) is 9.51. The Balaban J connectivity index is 1.95. The molecule has 31 heavy (non-hydrogen) atoms. The highest BCUT2D eigenvalue weighted by Gasteiger charge is 2.43. The number of hydrogen-bond donors (Lipinski definition) is 3. The van der Waals surface area contributed by atoms with Crippen LogP contribution in [-0.2, 0) is 16.0 Å². The van der Waals surface area contributed by atoms with Gasteiger partial charge in [-0.15, -0.1) is 0 Å². The Bertz CT molecular complexity index is 1040. The number of halogens is 3. The predicted octanol–water partition coefficient (Wildman–Crippen LogP) is 1.97. The van der Waals surface area contributed by atoms with Crippen molar-refractivity contribution in [3.05, 3.63) is 45.7 Å². The standard InChI is InChI=1S/C20H20F3N3O5/c1-2-13-15(11-3-5-12(6-4-11)26-9-7-24-8-10-26)25-17(28)14(16(13)27)18(29)31-19(30)20(21,22)23/h3-6,24H,2,7-10H2,1H3,(H2,25,27,28). The second kappa shape index (κ2) is 8.80. The highest BCUT2D eigenvalue weighted by molar-refractivity contribution is 6.00. The van der Waals surface area contributed by atoms with Crippen LogP contribution >= 0.6 is 0 Å². The van der Waals surface area contributed by atoms with Gasteiger partial charge in [-0.25, -0.2) is 9.59 Å². The number of aromatic hydroxyl groups is 1. The van der Waals surface area contributed by atoms with Gasteiger partial charge in [-0.2, -0.15) is 13.2 Å². The van der Waals surface area contributed by atoms with Gasteiger partial charge in [0.25, 0.3) is 5.56 Å². The van der Waals surface area contributed by atoms with Crippen LogP contribution < -0.4 is 15.8 Å². The molecule has 1 aliphatic rings. The van der Waals surface area contributed by atoms with Gasteiger partial charge < -0.3 is 25.0 Å². The van der Waals surface area contributed by atoms with Crippen LogP contribution in [0.3, 0.4) is 0 Å². The number of aromatic nitrogens is 1. The number of anilines is 1. The van der Waals surface area contributed by atoms with Crippen molar-refractivity contribution in [3.8, 4) is 17.0 Å². The number of carbonyl (C=O) groups excluding carboxylic acids is 2. The van der Waals surface area contributed by atoms with E-state index in [-0.39, 0.29) is 17.7 Å². The van der Waals surface area contributed by atoms with Gasteiger partial charge in [0, 0.05) is 37.4 Å². The molecule has 0 spiro atoms. The van der Waals surface area contributed by atoms with Crippen molar-refractivity contribution < 1.29 is 32.6 Å². The first-order chi connectivity index (χ1) is 14.6. The number of carbonyl (C=O) groups is 2. The quantitative estimate of drug-likeness (QED) is 0.493. The number of rotatable bonds is 4. The van der Waals surface area contributed by atoms with Crippen LogP contribution in [0.1, 0.15) is 22.8 Å². The predicted molar refractivity (Wildman–Crippen MR) is 105 cm³/mol. The fourth-order valence-corrected chi connectivity index (χ4v) is 3.36. The summed E-state index contributed by atoms with van der Waals surface area (Å²) >= 11 is 0. The molecule has 11 heteroatoms. The van der Waals surface area contributed by atoms with Crippen molar-refractivity contribution in [1.29, 1.82) is 0 Å². The van der Waals surface area contributed by atoms with E-state index in [4.69, 9.17) is 0 Å². The lowest BCUT2D eigenvalue weighted by atomic mass is 10.00. The molecule has 2 heterocycles. The first kappa shape index (κ1) is 22.3. The molecule has 2 aromatic rings. The molecule has 1 aliphatic heterocycles. The topological polar surface area (TPSA) is 112 Å². The number of piperazine rings is 1. The van der Waals surface area contributed by atoms with E-state index in [2.05, 4.69) is 19.9 Å². The number of ether oxygens (including phenoxy) is 1. The fraction of sp³-hybridized carbons (Fsp3) is 0.350. The number of aromatic amines is 1. The number of H-pyrrole nitrogens is 1. The molecule has 1 aromatic heterocycles. The van der Waals surface area contributed by atoms with Crippen molar-refractivity contribution in [2.45, 2.75) is 19.5 Å². The van der Waals surface area contributed by atoms with Gasteiger partial charge in [-0.1, -0.05) is 19.1 Å². The largest absolute Gasteiger partial charge is 0.506 e. The van der Waals surface area contributed by atoms with Crippen LogP contribution in [0.5, 0.6) is 5.75 Å². The number of benzene rings is 1. The highest BCUT2D eigenvalue weighted by atomic mass is 19.4. The van der Waals surface area contributed by atoms with E-state index in [1.165, 1.54) is 0 Å². The second-order valence-electron chi connectivity index (χ2n) is 6.84. The van der Waals surface area contributed by atoms with E-state index in [0.717, 1.165) is 31.9 Å². The van der Waals surface area contributed by atoms with Crippen molar-refractivity contribution in [2.24, 2.45) is 0 Å². The van der Waals surface area contributed by atoms with E-state index in [1.807, 2.05) is 12.1 Å². The van der Waals surface area contributed by atoms with E-state index >= 15 is 0 Å². The first-order valence-electron chi connectivity index (χ1n) is 9.51. The third kappa shape index (κ3) is 4.71. The lowest BCUT2D eigenvalue weighted by Crippen LogP contribution is -2.43. The zero-order chi connectivity index (χ0) is 22.8. The molecule has 166 valence electrons. The summed E-state index contributed by atoms with van der Waals surface area (Å²) in [5, 5.41) is 13.7. The van der Waals surface area contributed by atoms with Gasteiger partial charge in [0.15, 0.2) is 5.56 Å². The molecule has 1 aromatic carbocycles. The molecule has 8 nitrogen and oxygen atoms in total. The van der Waals surface area contributed by atoms with Gasteiger partial charge in [-0.3, -0.25) is 4.79 Å². The Kier molecular flexibility index (Phi) is 6.34. The second-order valence-corrected chi connectivity index (χ2v) is 6.84. The summed E-state index contributed by atoms with van der Waals surface area (Å²) in [6.45, 7) is 5.02. The molecule has 0 radical (unpaired) electrons. The Morgan fingerprint density at radius 2 is 1.77 bits per heavy atom.